The minimum Gasteiger partial charge on any atom is -0.293 e. The highest BCUT2D eigenvalue weighted by atomic mass is 15.1. The number of hydrogen-bond acceptors (Lipinski definition) is 4. The molecule has 246 valence electrons. The molecule has 0 saturated heterocycles. The lowest BCUT2D eigenvalue weighted by atomic mass is 9.93. The Morgan fingerprint density at radius 2 is 0.868 bits per heavy atom. The van der Waals surface area contributed by atoms with Gasteiger partial charge < -0.3 is 0 Å². The predicted molar refractivity (Wildman–Crippen MR) is 216 cm³/mol. The molecule has 1 aliphatic carbocycles. The second-order valence-corrected chi connectivity index (χ2v) is 13.4. The molecule has 0 fully saturated rings. The third-order valence-electron chi connectivity index (χ3n) is 10.4. The second kappa shape index (κ2) is 11.7. The first-order valence-corrected chi connectivity index (χ1v) is 17.8. The molecule has 0 atom stereocenters. The predicted octanol–water partition coefficient (Wildman–Crippen LogP) is 11.8. The molecule has 0 N–H and O–H groups in total. The van der Waals surface area contributed by atoms with Gasteiger partial charge in [0.25, 0.3) is 0 Å². The molecule has 0 amide bonds. The van der Waals surface area contributed by atoms with E-state index in [1.165, 1.54) is 43.8 Å². The van der Waals surface area contributed by atoms with E-state index in [1.54, 1.807) is 0 Å². The maximum absolute atomic E-state index is 5.34. The smallest absolute Gasteiger partial charge is 0.167 e. The first-order valence-electron chi connectivity index (χ1n) is 17.8. The van der Waals surface area contributed by atoms with Crippen molar-refractivity contribution < 1.29 is 0 Å². The third-order valence-corrected chi connectivity index (χ3v) is 10.4. The van der Waals surface area contributed by atoms with Crippen LogP contribution in [-0.4, -0.2) is 24.5 Å². The van der Waals surface area contributed by atoms with Gasteiger partial charge in [-0.25, -0.2) is 19.9 Å². The van der Waals surface area contributed by atoms with Crippen LogP contribution < -0.4 is 0 Å². The van der Waals surface area contributed by atoms with Crippen molar-refractivity contribution in [3.8, 4) is 73.4 Å². The molecule has 3 heterocycles. The molecule has 5 heteroatoms. The van der Waals surface area contributed by atoms with Crippen molar-refractivity contribution in [1.82, 2.24) is 24.5 Å². The summed E-state index contributed by atoms with van der Waals surface area (Å²) in [5, 5.41) is 4.92. The fourth-order valence-corrected chi connectivity index (χ4v) is 8.07. The maximum atomic E-state index is 5.34. The summed E-state index contributed by atoms with van der Waals surface area (Å²) >= 11 is 0. The van der Waals surface area contributed by atoms with Crippen LogP contribution in [0.5, 0.6) is 0 Å². The Kier molecular flexibility index (Phi) is 6.48. The van der Waals surface area contributed by atoms with Crippen molar-refractivity contribution >= 4 is 32.6 Å². The quantitative estimate of drug-likeness (QED) is 0.182. The van der Waals surface area contributed by atoms with E-state index in [9.17, 15) is 0 Å². The molecule has 5 nitrogen and oxygen atoms in total. The summed E-state index contributed by atoms with van der Waals surface area (Å²) in [4.78, 5) is 20.8. The Bertz CT molecular complexity index is 2980. The Labute approximate surface area is 305 Å². The average molecular weight is 676 g/mol. The molecule has 0 aliphatic heterocycles. The summed E-state index contributed by atoms with van der Waals surface area (Å²) in [6.45, 7) is 0. The molecule has 7 aromatic carbocycles. The van der Waals surface area contributed by atoms with E-state index in [2.05, 4.69) is 108 Å². The minimum absolute atomic E-state index is 0.558. The summed E-state index contributed by atoms with van der Waals surface area (Å²) in [7, 11) is 0. The van der Waals surface area contributed by atoms with Gasteiger partial charge in [0.2, 0.25) is 0 Å². The van der Waals surface area contributed by atoms with Gasteiger partial charge in [-0.2, -0.15) is 0 Å². The van der Waals surface area contributed by atoms with E-state index >= 15 is 0 Å². The number of fused-ring (bicyclic) bond motifs is 3. The van der Waals surface area contributed by atoms with Gasteiger partial charge in [-0.3, -0.25) is 4.57 Å². The van der Waals surface area contributed by atoms with E-state index in [0.717, 1.165) is 44.7 Å². The van der Waals surface area contributed by atoms with E-state index in [4.69, 9.17) is 19.9 Å². The zero-order chi connectivity index (χ0) is 34.9. The molecule has 3 aromatic heterocycles. The lowest BCUT2D eigenvalue weighted by Gasteiger charge is -2.16. The van der Waals surface area contributed by atoms with Crippen LogP contribution in [0.3, 0.4) is 0 Å². The summed E-state index contributed by atoms with van der Waals surface area (Å²) in [5.41, 5.74) is 11.8. The second-order valence-electron chi connectivity index (χ2n) is 13.4. The third kappa shape index (κ3) is 4.57. The van der Waals surface area contributed by atoms with Crippen molar-refractivity contribution in [3.63, 3.8) is 0 Å². The van der Waals surface area contributed by atoms with Crippen molar-refractivity contribution in [2.24, 2.45) is 0 Å². The molecule has 0 spiro atoms. The monoisotopic (exact) mass is 675 g/mol. The van der Waals surface area contributed by atoms with Crippen LogP contribution in [0.1, 0.15) is 0 Å². The van der Waals surface area contributed by atoms with Gasteiger partial charge in [-0.1, -0.05) is 152 Å². The molecule has 0 bridgehead atoms. The number of benzene rings is 7. The summed E-state index contributed by atoms with van der Waals surface area (Å²) in [5.74, 6) is 2.54. The van der Waals surface area contributed by atoms with Gasteiger partial charge in [0.1, 0.15) is 5.82 Å². The van der Waals surface area contributed by atoms with Crippen LogP contribution in [0.4, 0.5) is 0 Å². The molecular formula is C48H29N5. The summed E-state index contributed by atoms with van der Waals surface area (Å²) < 4.78 is 2.32. The van der Waals surface area contributed by atoms with Gasteiger partial charge in [0, 0.05) is 33.7 Å². The van der Waals surface area contributed by atoms with E-state index in [-0.39, 0.29) is 0 Å². The number of nitrogens with zero attached hydrogens (tertiary/aromatic N) is 5. The normalized spacial score (nSPS) is 11.8. The zero-order valence-electron chi connectivity index (χ0n) is 28.5. The van der Waals surface area contributed by atoms with Gasteiger partial charge in [-0.05, 0) is 56.8 Å². The van der Waals surface area contributed by atoms with Crippen molar-refractivity contribution in [1.29, 1.82) is 0 Å². The Morgan fingerprint density at radius 1 is 0.340 bits per heavy atom. The van der Waals surface area contributed by atoms with Crippen LogP contribution in [0.25, 0.3) is 106 Å². The SMILES string of the molecule is c1ccc(-c2cnc(-n3c4cccc5c4c4c6c(cccc6ccc43)-c3ccccc3-5)c(-c3nc(-c4ccccc4)nc(-c4ccccc4)n3)c2)cc1. The van der Waals surface area contributed by atoms with Crippen LogP contribution in [0.15, 0.2) is 176 Å². The molecule has 11 rings (SSSR count). The highest BCUT2D eigenvalue weighted by molar-refractivity contribution is 6.30. The Morgan fingerprint density at radius 3 is 1.53 bits per heavy atom. The van der Waals surface area contributed by atoms with Crippen molar-refractivity contribution in [2.75, 3.05) is 0 Å². The topological polar surface area (TPSA) is 56.5 Å². The highest BCUT2D eigenvalue weighted by Crippen LogP contribution is 2.50. The zero-order valence-corrected chi connectivity index (χ0v) is 28.5. The Hall–Kier alpha value is -7.24. The van der Waals surface area contributed by atoms with Gasteiger partial charge in [0.05, 0.1) is 16.6 Å². The van der Waals surface area contributed by atoms with Crippen molar-refractivity contribution in [3.05, 3.63) is 176 Å². The van der Waals surface area contributed by atoms with E-state index < -0.39 is 0 Å². The lowest BCUT2D eigenvalue weighted by Crippen LogP contribution is -2.06. The lowest BCUT2D eigenvalue weighted by molar-refractivity contribution is 1.04. The molecular weight excluding hydrogens is 647 g/mol. The molecule has 1 aliphatic rings. The highest BCUT2D eigenvalue weighted by Gasteiger charge is 2.27. The molecule has 53 heavy (non-hydrogen) atoms. The number of pyridine rings is 1. The fourth-order valence-electron chi connectivity index (χ4n) is 8.07. The number of hydrogen-bond donors (Lipinski definition) is 0. The van der Waals surface area contributed by atoms with Crippen LogP contribution in [0.2, 0.25) is 0 Å². The largest absolute Gasteiger partial charge is 0.293 e. The van der Waals surface area contributed by atoms with Gasteiger partial charge in [-0.15, -0.1) is 0 Å². The van der Waals surface area contributed by atoms with Crippen molar-refractivity contribution in [2.45, 2.75) is 0 Å². The summed E-state index contributed by atoms with van der Waals surface area (Å²) in [6.07, 6.45) is 1.97. The van der Waals surface area contributed by atoms with Crippen LogP contribution in [0, 0.1) is 0 Å². The fraction of sp³-hybridized carbons (Fsp3) is 0. The van der Waals surface area contributed by atoms with E-state index in [0.29, 0.717) is 17.5 Å². The van der Waals surface area contributed by atoms with E-state index in [1.807, 2.05) is 72.9 Å². The standard InChI is InChI=1S/C48H29N5/c1-4-14-30(15-5-1)34-28-39(47-51-45(32-16-6-2-7-17-32)50-46(52-47)33-18-8-3-9-19-33)48(49-29-34)53-40-25-13-24-38-36-22-11-10-21-35(36)37-23-12-20-31-26-27-41(53)44(42(31)37)43(38)40/h1-29H. The van der Waals surface area contributed by atoms with Gasteiger partial charge >= 0.3 is 0 Å². The summed E-state index contributed by atoms with van der Waals surface area (Å²) in [6, 6.07) is 59.4. The van der Waals surface area contributed by atoms with Crippen LogP contribution >= 0.6 is 0 Å². The molecule has 0 unspecified atom stereocenters. The van der Waals surface area contributed by atoms with Crippen LogP contribution in [-0.2, 0) is 0 Å². The van der Waals surface area contributed by atoms with Gasteiger partial charge in [0.15, 0.2) is 17.5 Å². The first kappa shape index (κ1) is 29.5. The number of aromatic nitrogens is 5. The maximum Gasteiger partial charge on any atom is 0.167 e. The Balaban J connectivity index is 1.27. The molecule has 10 aromatic rings. The minimum atomic E-state index is 0.558. The molecule has 0 radical (unpaired) electrons. The average Bonchev–Trinajstić information content (AvgIpc) is 3.52. The molecule has 0 saturated carbocycles. The first-order chi connectivity index (χ1) is 26.3. The number of rotatable bonds is 5.